The van der Waals surface area contributed by atoms with Gasteiger partial charge in [-0.05, 0) is 13.0 Å². The molecule has 78 valence electrons. The molecule has 0 fully saturated rings. The van der Waals surface area contributed by atoms with Gasteiger partial charge in [0.2, 0.25) is 15.0 Å². The van der Waals surface area contributed by atoms with Crippen molar-refractivity contribution in [2.24, 2.45) is 0 Å². The van der Waals surface area contributed by atoms with E-state index in [9.17, 15) is 8.42 Å². The van der Waals surface area contributed by atoms with Gasteiger partial charge in [-0.25, -0.2) is 8.42 Å². The molecule has 0 aromatic carbocycles. The molecule has 0 atom stereocenters. The second kappa shape index (κ2) is 3.32. The SMILES string of the molecule is CS(=O)(=O)c1nnc2n1CCCNC2. The van der Waals surface area contributed by atoms with Gasteiger partial charge in [0.25, 0.3) is 0 Å². The molecule has 0 saturated heterocycles. The van der Waals surface area contributed by atoms with Crippen molar-refractivity contribution in [3.63, 3.8) is 0 Å². The summed E-state index contributed by atoms with van der Waals surface area (Å²) in [6.45, 7) is 2.13. The Bertz CT molecular complexity index is 437. The summed E-state index contributed by atoms with van der Waals surface area (Å²) < 4.78 is 24.3. The zero-order chi connectivity index (χ0) is 10.2. The molecule has 0 bridgehead atoms. The third kappa shape index (κ3) is 1.64. The fourth-order valence-corrected chi connectivity index (χ4v) is 2.30. The van der Waals surface area contributed by atoms with Crippen molar-refractivity contribution < 1.29 is 8.42 Å². The van der Waals surface area contributed by atoms with Crippen molar-refractivity contribution in [2.75, 3.05) is 12.8 Å². The van der Waals surface area contributed by atoms with E-state index in [1.807, 2.05) is 0 Å². The molecule has 1 aromatic rings. The molecule has 0 aliphatic carbocycles. The van der Waals surface area contributed by atoms with Gasteiger partial charge in [0.15, 0.2) is 0 Å². The number of nitrogens with zero attached hydrogens (tertiary/aromatic N) is 3. The lowest BCUT2D eigenvalue weighted by atomic mass is 10.4. The summed E-state index contributed by atoms with van der Waals surface area (Å²) in [5, 5.41) is 10.8. The van der Waals surface area contributed by atoms with Gasteiger partial charge in [0.1, 0.15) is 5.82 Å². The first-order chi connectivity index (χ1) is 6.59. The first kappa shape index (κ1) is 9.60. The third-order valence-corrected chi connectivity index (χ3v) is 3.11. The van der Waals surface area contributed by atoms with Crippen LogP contribution in [0.3, 0.4) is 0 Å². The summed E-state index contributed by atoms with van der Waals surface area (Å²) in [4.78, 5) is 0. The molecule has 0 spiro atoms. The average molecular weight is 216 g/mol. The summed E-state index contributed by atoms with van der Waals surface area (Å²) in [6, 6.07) is 0. The number of hydrogen-bond donors (Lipinski definition) is 1. The Morgan fingerprint density at radius 3 is 2.93 bits per heavy atom. The van der Waals surface area contributed by atoms with Crippen LogP contribution in [-0.4, -0.2) is 36.0 Å². The topological polar surface area (TPSA) is 76.9 Å². The van der Waals surface area contributed by atoms with E-state index < -0.39 is 9.84 Å². The summed E-state index contributed by atoms with van der Waals surface area (Å²) in [5.41, 5.74) is 0. The third-order valence-electron chi connectivity index (χ3n) is 2.14. The minimum absolute atomic E-state index is 0.0798. The van der Waals surface area contributed by atoms with E-state index in [4.69, 9.17) is 0 Å². The largest absolute Gasteiger partial charge is 0.310 e. The number of sulfone groups is 1. The predicted octanol–water partition coefficient (Wildman–Crippen LogP) is -0.825. The number of nitrogens with one attached hydrogen (secondary N) is 1. The van der Waals surface area contributed by atoms with Gasteiger partial charge in [-0.1, -0.05) is 0 Å². The van der Waals surface area contributed by atoms with Crippen LogP contribution in [0.1, 0.15) is 12.2 Å². The molecular formula is C7H12N4O2S. The van der Waals surface area contributed by atoms with E-state index in [1.165, 1.54) is 0 Å². The van der Waals surface area contributed by atoms with Crippen molar-refractivity contribution >= 4 is 9.84 Å². The first-order valence-electron chi connectivity index (χ1n) is 4.42. The number of hydrogen-bond acceptors (Lipinski definition) is 5. The number of fused-ring (bicyclic) bond motifs is 1. The summed E-state index contributed by atoms with van der Waals surface area (Å²) in [7, 11) is -3.26. The molecule has 1 aliphatic rings. The Kier molecular flexibility index (Phi) is 2.28. The standard InChI is InChI=1S/C7H12N4O2S/c1-14(12,13)7-10-9-6-5-8-3-2-4-11(6)7/h8H,2-5H2,1H3. The fourth-order valence-electron chi connectivity index (χ4n) is 1.51. The van der Waals surface area contributed by atoms with E-state index in [0.717, 1.165) is 19.2 Å². The van der Waals surface area contributed by atoms with Gasteiger partial charge in [0, 0.05) is 12.8 Å². The van der Waals surface area contributed by atoms with E-state index in [1.54, 1.807) is 4.57 Å². The van der Waals surface area contributed by atoms with Crippen LogP contribution in [0.25, 0.3) is 0 Å². The van der Waals surface area contributed by atoms with Crippen LogP contribution in [0.2, 0.25) is 0 Å². The Hall–Kier alpha value is -0.950. The van der Waals surface area contributed by atoms with E-state index in [0.29, 0.717) is 18.9 Å². The van der Waals surface area contributed by atoms with E-state index >= 15 is 0 Å². The van der Waals surface area contributed by atoms with Crippen LogP contribution in [0, 0.1) is 0 Å². The van der Waals surface area contributed by atoms with Gasteiger partial charge in [-0.2, -0.15) is 0 Å². The molecule has 0 saturated carbocycles. The zero-order valence-electron chi connectivity index (χ0n) is 7.89. The maximum atomic E-state index is 11.3. The summed E-state index contributed by atoms with van der Waals surface area (Å²) >= 11 is 0. The molecule has 0 unspecified atom stereocenters. The normalized spacial score (nSPS) is 17.5. The van der Waals surface area contributed by atoms with Gasteiger partial charge in [0.05, 0.1) is 6.54 Å². The van der Waals surface area contributed by atoms with Crippen molar-refractivity contribution in [3.8, 4) is 0 Å². The molecule has 2 heterocycles. The second-order valence-corrected chi connectivity index (χ2v) is 5.26. The second-order valence-electron chi connectivity index (χ2n) is 3.35. The molecule has 1 aromatic heterocycles. The summed E-state index contributed by atoms with van der Waals surface area (Å²) in [6.07, 6.45) is 2.05. The molecule has 1 N–H and O–H groups in total. The Balaban J connectivity index is 2.50. The minimum Gasteiger partial charge on any atom is -0.310 e. The van der Waals surface area contributed by atoms with Crippen molar-refractivity contribution in [3.05, 3.63) is 5.82 Å². The molecule has 14 heavy (non-hydrogen) atoms. The zero-order valence-corrected chi connectivity index (χ0v) is 8.71. The molecule has 0 radical (unpaired) electrons. The summed E-state index contributed by atoms with van der Waals surface area (Å²) in [5.74, 6) is 0.697. The fraction of sp³-hybridized carbons (Fsp3) is 0.714. The smallest absolute Gasteiger partial charge is 0.249 e. The lowest BCUT2D eigenvalue weighted by Crippen LogP contribution is -2.13. The molecular weight excluding hydrogens is 204 g/mol. The van der Waals surface area contributed by atoms with Gasteiger partial charge in [-0.15, -0.1) is 10.2 Å². The quantitative estimate of drug-likeness (QED) is 0.663. The Labute approximate surface area is 82.3 Å². The maximum absolute atomic E-state index is 11.3. The average Bonchev–Trinajstić information content (AvgIpc) is 2.36. The van der Waals surface area contributed by atoms with Crippen LogP contribution < -0.4 is 5.32 Å². The van der Waals surface area contributed by atoms with Crippen LogP contribution >= 0.6 is 0 Å². The lowest BCUT2D eigenvalue weighted by molar-refractivity contribution is 0.556. The van der Waals surface area contributed by atoms with Crippen LogP contribution in [0.4, 0.5) is 0 Å². The molecule has 2 rings (SSSR count). The van der Waals surface area contributed by atoms with Crippen LogP contribution in [0.15, 0.2) is 5.16 Å². The lowest BCUT2D eigenvalue weighted by Gasteiger charge is -2.03. The number of rotatable bonds is 1. The highest BCUT2D eigenvalue weighted by atomic mass is 32.2. The van der Waals surface area contributed by atoms with Gasteiger partial charge < -0.3 is 9.88 Å². The van der Waals surface area contributed by atoms with Crippen LogP contribution in [0.5, 0.6) is 0 Å². The van der Waals surface area contributed by atoms with Crippen LogP contribution in [-0.2, 0) is 22.9 Å². The highest BCUT2D eigenvalue weighted by molar-refractivity contribution is 7.90. The molecule has 1 aliphatic heterocycles. The van der Waals surface area contributed by atoms with Crippen molar-refractivity contribution in [1.82, 2.24) is 20.1 Å². The predicted molar refractivity (Wildman–Crippen MR) is 49.5 cm³/mol. The monoisotopic (exact) mass is 216 g/mol. The Morgan fingerprint density at radius 2 is 2.21 bits per heavy atom. The highest BCUT2D eigenvalue weighted by Gasteiger charge is 2.20. The van der Waals surface area contributed by atoms with Crippen molar-refractivity contribution in [2.45, 2.75) is 24.7 Å². The van der Waals surface area contributed by atoms with E-state index in [-0.39, 0.29) is 5.16 Å². The van der Waals surface area contributed by atoms with Gasteiger partial charge in [-0.3, -0.25) is 0 Å². The molecule has 7 heteroatoms. The number of aromatic nitrogens is 3. The van der Waals surface area contributed by atoms with Gasteiger partial charge >= 0.3 is 0 Å². The van der Waals surface area contributed by atoms with E-state index in [2.05, 4.69) is 15.5 Å². The molecule has 0 amide bonds. The maximum Gasteiger partial charge on any atom is 0.249 e. The Morgan fingerprint density at radius 1 is 1.43 bits per heavy atom. The first-order valence-corrected chi connectivity index (χ1v) is 6.31. The van der Waals surface area contributed by atoms with Crippen molar-refractivity contribution in [1.29, 1.82) is 0 Å². The molecule has 6 nitrogen and oxygen atoms in total. The highest BCUT2D eigenvalue weighted by Crippen LogP contribution is 2.11. The minimum atomic E-state index is -3.26.